The first-order chi connectivity index (χ1) is 10.4. The largest absolute Gasteiger partial charge is 0.392 e. The lowest BCUT2D eigenvalue weighted by molar-refractivity contribution is 0.279. The summed E-state index contributed by atoms with van der Waals surface area (Å²) in [6.07, 6.45) is 12.8. The molecule has 1 unspecified atom stereocenters. The first-order valence-corrected chi connectivity index (χ1v) is 8.72. The van der Waals surface area contributed by atoms with Gasteiger partial charge in [-0.05, 0) is 77.2 Å². The zero-order valence-electron chi connectivity index (χ0n) is 14.5. The van der Waals surface area contributed by atoms with Gasteiger partial charge in [-0.2, -0.15) is 0 Å². The number of aliphatic hydroxyl groups is 1. The van der Waals surface area contributed by atoms with Crippen molar-refractivity contribution in [3.05, 3.63) is 35.5 Å². The zero-order chi connectivity index (χ0) is 16.2. The second-order valence-corrected chi connectivity index (χ2v) is 7.39. The minimum Gasteiger partial charge on any atom is -0.392 e. The Labute approximate surface area is 136 Å². The average molecular weight is 304 g/mol. The second kappa shape index (κ2) is 7.61. The van der Waals surface area contributed by atoms with Crippen molar-refractivity contribution in [2.75, 3.05) is 6.61 Å². The molecule has 0 aromatic heterocycles. The Kier molecular flexibility index (Phi) is 6.05. The molecule has 0 aromatic rings. The highest BCUT2D eigenvalue weighted by Gasteiger charge is 2.51. The average Bonchev–Trinajstić information content (AvgIpc) is 3.11. The molecule has 1 heterocycles. The van der Waals surface area contributed by atoms with Gasteiger partial charge in [-0.1, -0.05) is 29.9 Å². The summed E-state index contributed by atoms with van der Waals surface area (Å²) >= 11 is 0. The molecule has 2 heteroatoms. The van der Waals surface area contributed by atoms with E-state index in [4.69, 9.17) is 4.74 Å². The van der Waals surface area contributed by atoms with Crippen molar-refractivity contribution in [3.63, 3.8) is 0 Å². The molecule has 0 radical (unpaired) electrons. The molecule has 2 nitrogen and oxygen atoms in total. The lowest BCUT2D eigenvalue weighted by Crippen LogP contribution is -2.16. The van der Waals surface area contributed by atoms with E-state index >= 15 is 0 Å². The SMILES string of the molecule is C=C(CO)C1CC/C(C)=C/CC/C(C)=C/CC[C@@]2(C)O[C@H]2C1. The van der Waals surface area contributed by atoms with Crippen LogP contribution >= 0.6 is 0 Å². The van der Waals surface area contributed by atoms with Crippen molar-refractivity contribution >= 4 is 0 Å². The number of epoxide rings is 1. The summed E-state index contributed by atoms with van der Waals surface area (Å²) in [5, 5.41) is 9.45. The number of ether oxygens (including phenoxy) is 1. The van der Waals surface area contributed by atoms with Crippen LogP contribution in [-0.2, 0) is 4.74 Å². The Morgan fingerprint density at radius 2 is 1.95 bits per heavy atom. The predicted molar refractivity (Wildman–Crippen MR) is 92.8 cm³/mol. The van der Waals surface area contributed by atoms with Gasteiger partial charge in [-0.25, -0.2) is 0 Å². The van der Waals surface area contributed by atoms with Gasteiger partial charge in [-0.3, -0.25) is 0 Å². The Morgan fingerprint density at radius 1 is 1.27 bits per heavy atom. The Bertz CT molecular complexity index is 460. The molecule has 1 saturated heterocycles. The summed E-state index contributed by atoms with van der Waals surface area (Å²) in [6, 6.07) is 0. The highest BCUT2D eigenvalue weighted by atomic mass is 16.6. The van der Waals surface area contributed by atoms with Crippen LogP contribution in [0.4, 0.5) is 0 Å². The summed E-state index contributed by atoms with van der Waals surface area (Å²) < 4.78 is 6.00. The van der Waals surface area contributed by atoms with Crippen LogP contribution in [0.1, 0.15) is 65.7 Å². The summed E-state index contributed by atoms with van der Waals surface area (Å²) in [6.45, 7) is 10.9. The van der Waals surface area contributed by atoms with Gasteiger partial charge in [0.25, 0.3) is 0 Å². The van der Waals surface area contributed by atoms with Crippen LogP contribution in [0.5, 0.6) is 0 Å². The third kappa shape index (κ3) is 4.82. The number of aliphatic hydroxyl groups excluding tert-OH is 1. The van der Waals surface area contributed by atoms with Crippen LogP contribution in [-0.4, -0.2) is 23.4 Å². The van der Waals surface area contributed by atoms with Crippen molar-refractivity contribution in [3.8, 4) is 0 Å². The van der Waals surface area contributed by atoms with E-state index in [1.165, 1.54) is 11.1 Å². The third-order valence-electron chi connectivity index (χ3n) is 5.37. The Morgan fingerprint density at radius 3 is 2.68 bits per heavy atom. The maximum Gasteiger partial charge on any atom is 0.0923 e. The summed E-state index contributed by atoms with van der Waals surface area (Å²) in [5.41, 5.74) is 3.96. The molecule has 0 aromatic carbocycles. The summed E-state index contributed by atoms with van der Waals surface area (Å²) in [4.78, 5) is 0. The van der Waals surface area contributed by atoms with Crippen LogP contribution in [0.15, 0.2) is 35.5 Å². The van der Waals surface area contributed by atoms with Crippen LogP contribution in [0.3, 0.4) is 0 Å². The first kappa shape index (κ1) is 17.5. The van der Waals surface area contributed by atoms with Gasteiger partial charge < -0.3 is 9.84 Å². The van der Waals surface area contributed by atoms with Gasteiger partial charge in [0, 0.05) is 0 Å². The van der Waals surface area contributed by atoms with Crippen LogP contribution in [0.2, 0.25) is 0 Å². The van der Waals surface area contributed by atoms with E-state index in [-0.39, 0.29) is 12.2 Å². The second-order valence-electron chi connectivity index (χ2n) is 7.39. The van der Waals surface area contributed by atoms with E-state index in [9.17, 15) is 5.11 Å². The summed E-state index contributed by atoms with van der Waals surface area (Å²) in [5.74, 6) is 0.375. The van der Waals surface area contributed by atoms with E-state index in [1.807, 2.05) is 0 Å². The van der Waals surface area contributed by atoms with Crippen LogP contribution in [0, 0.1) is 5.92 Å². The minimum absolute atomic E-state index is 0.0414. The molecule has 1 aliphatic heterocycles. The minimum atomic E-state index is 0.0414. The zero-order valence-corrected chi connectivity index (χ0v) is 14.5. The number of hydrogen-bond donors (Lipinski definition) is 1. The van der Waals surface area contributed by atoms with Gasteiger partial charge in [0.05, 0.1) is 18.3 Å². The molecule has 3 atom stereocenters. The molecule has 0 bridgehead atoms. The first-order valence-electron chi connectivity index (χ1n) is 8.72. The topological polar surface area (TPSA) is 32.8 Å². The van der Waals surface area contributed by atoms with E-state index < -0.39 is 0 Å². The fraction of sp³-hybridized carbons (Fsp3) is 0.700. The van der Waals surface area contributed by atoms with Crippen molar-refractivity contribution in [2.24, 2.45) is 5.92 Å². The highest BCUT2D eigenvalue weighted by molar-refractivity contribution is 5.11. The summed E-state index contributed by atoms with van der Waals surface area (Å²) in [7, 11) is 0. The molecule has 2 rings (SSSR count). The van der Waals surface area contributed by atoms with Gasteiger partial charge in [0.15, 0.2) is 0 Å². The molecule has 0 amide bonds. The van der Waals surface area contributed by atoms with Crippen molar-refractivity contribution in [1.29, 1.82) is 0 Å². The number of hydrogen-bond acceptors (Lipinski definition) is 2. The van der Waals surface area contributed by atoms with E-state index in [0.717, 1.165) is 50.5 Å². The predicted octanol–water partition coefficient (Wildman–Crippen LogP) is 4.95. The van der Waals surface area contributed by atoms with Crippen molar-refractivity contribution in [2.45, 2.75) is 77.4 Å². The molecule has 1 fully saturated rings. The van der Waals surface area contributed by atoms with E-state index in [1.54, 1.807) is 0 Å². The molecular formula is C20H32O2. The fourth-order valence-corrected chi connectivity index (χ4v) is 3.44. The van der Waals surface area contributed by atoms with E-state index in [2.05, 4.69) is 39.5 Å². The van der Waals surface area contributed by atoms with E-state index in [0.29, 0.717) is 12.0 Å². The Balaban J connectivity index is 2.06. The third-order valence-corrected chi connectivity index (χ3v) is 5.37. The number of rotatable bonds is 2. The molecule has 1 aliphatic carbocycles. The Hall–Kier alpha value is -0.860. The van der Waals surface area contributed by atoms with Gasteiger partial charge >= 0.3 is 0 Å². The maximum atomic E-state index is 9.45. The quantitative estimate of drug-likeness (QED) is 0.578. The molecule has 22 heavy (non-hydrogen) atoms. The molecule has 124 valence electrons. The number of fused-ring (bicyclic) bond motifs is 1. The maximum absolute atomic E-state index is 9.45. The number of allylic oxidation sites excluding steroid dienone is 4. The monoisotopic (exact) mass is 304 g/mol. The normalized spacial score (nSPS) is 38.7. The van der Waals surface area contributed by atoms with Crippen molar-refractivity contribution < 1.29 is 9.84 Å². The lowest BCUT2D eigenvalue weighted by Gasteiger charge is -2.18. The molecular weight excluding hydrogens is 272 g/mol. The van der Waals surface area contributed by atoms with Gasteiger partial charge in [0.2, 0.25) is 0 Å². The van der Waals surface area contributed by atoms with Crippen molar-refractivity contribution in [1.82, 2.24) is 0 Å². The van der Waals surface area contributed by atoms with Crippen LogP contribution < -0.4 is 0 Å². The molecule has 0 saturated carbocycles. The standard InChI is InChI=1S/C20H32O2/c1-15-7-5-8-16(2)10-11-18(17(3)14-21)13-19-20(4,22-19)12-6-9-15/h8-9,18-19,21H,3,5-7,10-14H2,1-2,4H3/b15-9+,16-8+/t18?,19-,20+/m0/s1. The molecule has 1 N–H and O–H groups in total. The molecule has 0 spiro atoms. The lowest BCUT2D eigenvalue weighted by atomic mass is 9.85. The van der Waals surface area contributed by atoms with Gasteiger partial charge in [-0.15, -0.1) is 0 Å². The van der Waals surface area contributed by atoms with Crippen LogP contribution in [0.25, 0.3) is 0 Å². The smallest absolute Gasteiger partial charge is 0.0923 e. The van der Waals surface area contributed by atoms with Gasteiger partial charge in [0.1, 0.15) is 0 Å². The molecule has 2 aliphatic rings. The highest BCUT2D eigenvalue weighted by Crippen LogP contribution is 2.45. The fourth-order valence-electron chi connectivity index (χ4n) is 3.44.